The van der Waals surface area contributed by atoms with Gasteiger partial charge in [0.05, 0.1) is 12.3 Å². The van der Waals surface area contributed by atoms with Gasteiger partial charge in [0.25, 0.3) is 0 Å². The summed E-state index contributed by atoms with van der Waals surface area (Å²) in [5.41, 5.74) is 2.20. The van der Waals surface area contributed by atoms with Crippen LogP contribution in [0.3, 0.4) is 0 Å². The zero-order valence-corrected chi connectivity index (χ0v) is 15.0. The first-order valence-electron chi connectivity index (χ1n) is 7.74. The number of aromatic nitrogens is 3. The van der Waals surface area contributed by atoms with E-state index in [1.807, 2.05) is 48.5 Å². The minimum atomic E-state index is 0.00615. The van der Waals surface area contributed by atoms with Gasteiger partial charge < -0.3 is 5.32 Å². The summed E-state index contributed by atoms with van der Waals surface area (Å²) >= 11 is 7.34. The van der Waals surface area contributed by atoms with E-state index in [-0.39, 0.29) is 5.91 Å². The molecule has 0 unspecified atom stereocenters. The molecule has 0 saturated carbocycles. The van der Waals surface area contributed by atoms with Crippen molar-refractivity contribution in [2.24, 2.45) is 0 Å². The van der Waals surface area contributed by atoms with Crippen LogP contribution in [-0.4, -0.2) is 26.4 Å². The summed E-state index contributed by atoms with van der Waals surface area (Å²) in [6.07, 6.45) is 3.21. The quantitative estimate of drug-likeness (QED) is 0.646. The maximum Gasteiger partial charge on any atom is 0.230 e. The summed E-state index contributed by atoms with van der Waals surface area (Å²) in [5.74, 6) is 0.387. The predicted molar refractivity (Wildman–Crippen MR) is 99.6 cm³/mol. The number of benzene rings is 2. The largest absolute Gasteiger partial charge is 0.351 e. The highest BCUT2D eigenvalue weighted by Crippen LogP contribution is 2.20. The molecule has 25 heavy (non-hydrogen) atoms. The van der Waals surface area contributed by atoms with Crippen LogP contribution in [0, 0.1) is 0 Å². The molecule has 0 aliphatic carbocycles. The molecule has 0 fully saturated rings. The Balaban J connectivity index is 1.43. The maximum atomic E-state index is 12.0. The van der Waals surface area contributed by atoms with E-state index in [2.05, 4.69) is 15.4 Å². The Morgan fingerprint density at radius 2 is 1.80 bits per heavy atom. The molecule has 0 aliphatic rings. The summed E-state index contributed by atoms with van der Waals surface area (Å²) in [4.78, 5) is 16.9. The molecule has 5 nitrogen and oxygen atoms in total. The van der Waals surface area contributed by atoms with Crippen LogP contribution in [0.25, 0.3) is 0 Å². The lowest BCUT2D eigenvalue weighted by Gasteiger charge is -2.07. The van der Waals surface area contributed by atoms with Gasteiger partial charge in [0.1, 0.15) is 12.7 Å². The Morgan fingerprint density at radius 1 is 1.08 bits per heavy atom. The highest BCUT2D eigenvalue weighted by Gasteiger charge is 2.04. The van der Waals surface area contributed by atoms with Crippen LogP contribution in [0.2, 0.25) is 5.02 Å². The lowest BCUT2D eigenvalue weighted by atomic mass is 10.1. The van der Waals surface area contributed by atoms with E-state index in [0.717, 1.165) is 16.0 Å². The van der Waals surface area contributed by atoms with Crippen LogP contribution in [0.4, 0.5) is 0 Å². The molecule has 3 rings (SSSR count). The van der Waals surface area contributed by atoms with Gasteiger partial charge >= 0.3 is 0 Å². The minimum Gasteiger partial charge on any atom is -0.351 e. The molecule has 0 atom stereocenters. The fourth-order valence-electron chi connectivity index (χ4n) is 2.20. The van der Waals surface area contributed by atoms with Gasteiger partial charge in [-0.2, -0.15) is 5.10 Å². The lowest BCUT2D eigenvalue weighted by Crippen LogP contribution is -2.24. The molecule has 1 aromatic heterocycles. The van der Waals surface area contributed by atoms with Crippen LogP contribution >= 0.6 is 23.4 Å². The molecule has 1 amide bonds. The van der Waals surface area contributed by atoms with Gasteiger partial charge in [0.2, 0.25) is 5.91 Å². The van der Waals surface area contributed by atoms with E-state index < -0.39 is 0 Å². The van der Waals surface area contributed by atoms with Crippen LogP contribution in [0.1, 0.15) is 11.1 Å². The molecular formula is C18H17ClN4OS. The van der Waals surface area contributed by atoms with Gasteiger partial charge in [-0.15, -0.1) is 11.8 Å². The fraction of sp³-hybridized carbons (Fsp3) is 0.167. The number of halogens is 1. The zero-order chi connectivity index (χ0) is 17.5. The summed E-state index contributed by atoms with van der Waals surface area (Å²) in [5, 5.41) is 7.71. The van der Waals surface area contributed by atoms with Crippen molar-refractivity contribution in [3.05, 3.63) is 77.3 Å². The molecule has 0 bridgehead atoms. The highest BCUT2D eigenvalue weighted by atomic mass is 35.5. The third-order valence-electron chi connectivity index (χ3n) is 3.51. The van der Waals surface area contributed by atoms with Crippen LogP contribution in [0.5, 0.6) is 0 Å². The van der Waals surface area contributed by atoms with Gasteiger partial charge in [-0.05, 0) is 35.4 Å². The van der Waals surface area contributed by atoms with Crippen molar-refractivity contribution >= 4 is 29.3 Å². The molecule has 7 heteroatoms. The van der Waals surface area contributed by atoms with Gasteiger partial charge in [-0.3, -0.25) is 4.79 Å². The van der Waals surface area contributed by atoms with E-state index in [0.29, 0.717) is 23.9 Å². The number of nitrogens with zero attached hydrogens (tertiary/aromatic N) is 3. The molecule has 0 radical (unpaired) electrons. The summed E-state index contributed by atoms with van der Waals surface area (Å²) in [6.45, 7) is 1.20. The summed E-state index contributed by atoms with van der Waals surface area (Å²) in [6, 6.07) is 15.6. The number of carbonyl (C=O) groups is 1. The van der Waals surface area contributed by atoms with E-state index in [4.69, 9.17) is 11.6 Å². The van der Waals surface area contributed by atoms with Gasteiger partial charge in [0.15, 0.2) is 0 Å². The van der Waals surface area contributed by atoms with Crippen molar-refractivity contribution in [1.29, 1.82) is 0 Å². The van der Waals surface area contributed by atoms with Crippen molar-refractivity contribution in [3.63, 3.8) is 0 Å². The summed E-state index contributed by atoms with van der Waals surface area (Å²) in [7, 11) is 0. The van der Waals surface area contributed by atoms with Gasteiger partial charge in [-0.1, -0.05) is 35.9 Å². The van der Waals surface area contributed by atoms with Crippen molar-refractivity contribution < 1.29 is 4.79 Å². The van der Waals surface area contributed by atoms with E-state index >= 15 is 0 Å². The van der Waals surface area contributed by atoms with Crippen molar-refractivity contribution in [3.8, 4) is 0 Å². The molecule has 1 N–H and O–H groups in total. The maximum absolute atomic E-state index is 12.0. The van der Waals surface area contributed by atoms with E-state index in [1.54, 1.807) is 11.0 Å². The predicted octanol–water partition coefficient (Wildman–Crippen LogP) is 3.39. The Hall–Kier alpha value is -2.31. The minimum absolute atomic E-state index is 0.00615. The monoisotopic (exact) mass is 372 g/mol. The molecule has 2 aromatic carbocycles. The van der Waals surface area contributed by atoms with Crippen molar-refractivity contribution in [1.82, 2.24) is 20.1 Å². The van der Waals surface area contributed by atoms with E-state index in [1.165, 1.54) is 18.1 Å². The second-order valence-corrected chi connectivity index (χ2v) is 6.91. The van der Waals surface area contributed by atoms with Crippen LogP contribution in [0.15, 0.2) is 66.1 Å². The normalized spacial score (nSPS) is 10.6. The standard InChI is InChI=1S/C18H17ClN4OS/c19-16-5-7-17(8-6-16)25-11-18(24)21-9-14-1-3-15(4-2-14)10-23-13-20-12-22-23/h1-8,12-13H,9-11H2,(H,21,24). The Kier molecular flexibility index (Phi) is 6.09. The topological polar surface area (TPSA) is 59.8 Å². The molecule has 128 valence electrons. The van der Waals surface area contributed by atoms with Crippen molar-refractivity contribution in [2.45, 2.75) is 18.0 Å². The van der Waals surface area contributed by atoms with E-state index in [9.17, 15) is 4.79 Å². The lowest BCUT2D eigenvalue weighted by molar-refractivity contribution is -0.118. The number of carbonyl (C=O) groups excluding carboxylic acids is 1. The molecule has 0 saturated heterocycles. The average Bonchev–Trinajstić information content (AvgIpc) is 3.14. The Morgan fingerprint density at radius 3 is 2.48 bits per heavy atom. The van der Waals surface area contributed by atoms with Crippen LogP contribution in [-0.2, 0) is 17.9 Å². The zero-order valence-electron chi connectivity index (χ0n) is 13.4. The van der Waals surface area contributed by atoms with Crippen molar-refractivity contribution in [2.75, 3.05) is 5.75 Å². The number of hydrogen-bond donors (Lipinski definition) is 1. The molecule has 0 spiro atoms. The number of thioether (sulfide) groups is 1. The second-order valence-electron chi connectivity index (χ2n) is 5.43. The first-order chi connectivity index (χ1) is 12.2. The SMILES string of the molecule is O=C(CSc1ccc(Cl)cc1)NCc1ccc(Cn2cncn2)cc1. The van der Waals surface area contributed by atoms with Gasteiger partial charge in [0, 0.05) is 16.5 Å². The summed E-state index contributed by atoms with van der Waals surface area (Å²) < 4.78 is 1.77. The number of rotatable bonds is 7. The third-order valence-corrected chi connectivity index (χ3v) is 4.77. The number of hydrogen-bond acceptors (Lipinski definition) is 4. The smallest absolute Gasteiger partial charge is 0.230 e. The van der Waals surface area contributed by atoms with Crippen LogP contribution < -0.4 is 5.32 Å². The number of amides is 1. The average molecular weight is 373 g/mol. The molecular weight excluding hydrogens is 356 g/mol. The Bertz CT molecular complexity index is 804. The number of nitrogens with one attached hydrogen (secondary N) is 1. The van der Waals surface area contributed by atoms with Gasteiger partial charge in [-0.25, -0.2) is 9.67 Å². The third kappa shape index (κ3) is 5.62. The first-order valence-corrected chi connectivity index (χ1v) is 9.11. The molecule has 3 aromatic rings. The first kappa shape index (κ1) is 17.5. The molecule has 0 aliphatic heterocycles. The Labute approximate surface area is 155 Å². The highest BCUT2D eigenvalue weighted by molar-refractivity contribution is 8.00. The molecule has 1 heterocycles. The second kappa shape index (κ2) is 8.69. The fourth-order valence-corrected chi connectivity index (χ4v) is 3.05.